The number of aromatic nitrogens is 2. The predicted molar refractivity (Wildman–Crippen MR) is 67.4 cm³/mol. The van der Waals surface area contributed by atoms with Crippen LogP contribution < -0.4 is 11.1 Å². The molecule has 1 aromatic rings. The third-order valence-corrected chi connectivity index (χ3v) is 2.79. The number of nitrogens with two attached hydrogens (primary N) is 1. The second kappa shape index (κ2) is 5.49. The Labute approximate surface area is 114 Å². The highest BCUT2D eigenvalue weighted by atomic mass is 35.5. The second-order valence-electron chi connectivity index (χ2n) is 4.30. The van der Waals surface area contributed by atoms with Crippen LogP contribution in [0.15, 0.2) is 6.07 Å². The van der Waals surface area contributed by atoms with Gasteiger partial charge in [-0.05, 0) is 19.9 Å². The van der Waals surface area contributed by atoms with E-state index in [-0.39, 0.29) is 22.4 Å². The van der Waals surface area contributed by atoms with Crippen molar-refractivity contribution in [3.63, 3.8) is 0 Å². The van der Waals surface area contributed by atoms with Crippen LogP contribution in [0, 0.1) is 5.41 Å². The lowest BCUT2D eigenvalue weighted by molar-refractivity contribution is -0.125. The van der Waals surface area contributed by atoms with Crippen molar-refractivity contribution < 1.29 is 9.59 Å². The van der Waals surface area contributed by atoms with E-state index in [2.05, 4.69) is 15.5 Å². The lowest BCUT2D eigenvalue weighted by atomic mass is 9.93. The van der Waals surface area contributed by atoms with Gasteiger partial charge in [0.2, 0.25) is 5.91 Å². The van der Waals surface area contributed by atoms with Crippen LogP contribution >= 0.6 is 23.2 Å². The summed E-state index contributed by atoms with van der Waals surface area (Å²) in [6, 6.07) is 1.30. The summed E-state index contributed by atoms with van der Waals surface area (Å²) in [6.45, 7) is 3.32. The quantitative estimate of drug-likeness (QED) is 0.865. The van der Waals surface area contributed by atoms with Gasteiger partial charge in [-0.25, -0.2) is 0 Å². The zero-order valence-electron chi connectivity index (χ0n) is 9.83. The van der Waals surface area contributed by atoms with Gasteiger partial charge in [-0.3, -0.25) is 9.59 Å². The predicted octanol–water partition coefficient (Wildman–Crippen LogP) is 1.02. The average Bonchev–Trinajstić information content (AvgIpc) is 2.29. The molecule has 6 nitrogen and oxygen atoms in total. The standard InChI is InChI=1S/C10H12Cl2N4O2/c1-10(2,9(13)18)4-14-8(17)5-3-6(11)15-16-7(5)12/h3H,4H2,1-2H3,(H2,13,18)(H,14,17). The van der Waals surface area contributed by atoms with E-state index in [0.717, 1.165) is 0 Å². The van der Waals surface area contributed by atoms with Crippen molar-refractivity contribution in [2.24, 2.45) is 11.1 Å². The Morgan fingerprint density at radius 3 is 2.56 bits per heavy atom. The molecular weight excluding hydrogens is 279 g/mol. The van der Waals surface area contributed by atoms with E-state index in [1.807, 2.05) is 0 Å². The summed E-state index contributed by atoms with van der Waals surface area (Å²) in [6.07, 6.45) is 0. The lowest BCUT2D eigenvalue weighted by Crippen LogP contribution is -2.42. The number of halogens is 2. The van der Waals surface area contributed by atoms with Gasteiger partial charge >= 0.3 is 0 Å². The first kappa shape index (κ1) is 14.7. The van der Waals surface area contributed by atoms with E-state index in [1.165, 1.54) is 6.07 Å². The van der Waals surface area contributed by atoms with Gasteiger partial charge in [0.1, 0.15) is 0 Å². The Morgan fingerprint density at radius 1 is 1.39 bits per heavy atom. The molecule has 18 heavy (non-hydrogen) atoms. The molecule has 0 spiro atoms. The number of primary amides is 1. The molecule has 0 radical (unpaired) electrons. The third kappa shape index (κ3) is 3.54. The molecule has 0 atom stereocenters. The van der Waals surface area contributed by atoms with Gasteiger partial charge in [0.25, 0.3) is 5.91 Å². The number of nitrogens with one attached hydrogen (secondary N) is 1. The van der Waals surface area contributed by atoms with Crippen LogP contribution in [0.5, 0.6) is 0 Å². The Balaban J connectivity index is 2.78. The van der Waals surface area contributed by atoms with Crippen LogP contribution in [-0.4, -0.2) is 28.6 Å². The smallest absolute Gasteiger partial charge is 0.254 e. The van der Waals surface area contributed by atoms with Crippen LogP contribution in [-0.2, 0) is 4.79 Å². The maximum atomic E-state index is 11.8. The van der Waals surface area contributed by atoms with Gasteiger partial charge in [-0.2, -0.15) is 0 Å². The van der Waals surface area contributed by atoms with Crippen molar-refractivity contribution in [3.8, 4) is 0 Å². The lowest BCUT2D eigenvalue weighted by Gasteiger charge is -2.20. The molecule has 8 heteroatoms. The summed E-state index contributed by atoms with van der Waals surface area (Å²) in [4.78, 5) is 22.9. The molecule has 0 saturated heterocycles. The first-order valence-corrected chi connectivity index (χ1v) is 5.76. The molecule has 1 rings (SSSR count). The molecule has 0 aliphatic carbocycles. The normalized spacial score (nSPS) is 11.1. The van der Waals surface area contributed by atoms with Crippen molar-refractivity contribution >= 4 is 35.0 Å². The van der Waals surface area contributed by atoms with E-state index in [4.69, 9.17) is 28.9 Å². The van der Waals surface area contributed by atoms with Gasteiger partial charge in [-0.1, -0.05) is 23.2 Å². The molecule has 98 valence electrons. The van der Waals surface area contributed by atoms with Crippen molar-refractivity contribution in [1.82, 2.24) is 15.5 Å². The van der Waals surface area contributed by atoms with Gasteiger partial charge in [0.05, 0.1) is 11.0 Å². The Morgan fingerprint density at radius 2 is 2.00 bits per heavy atom. The molecule has 0 saturated carbocycles. The van der Waals surface area contributed by atoms with Gasteiger partial charge in [-0.15, -0.1) is 10.2 Å². The van der Waals surface area contributed by atoms with Crippen molar-refractivity contribution in [2.75, 3.05) is 6.54 Å². The second-order valence-corrected chi connectivity index (χ2v) is 5.05. The molecule has 0 fully saturated rings. The van der Waals surface area contributed by atoms with Crippen molar-refractivity contribution in [3.05, 3.63) is 21.9 Å². The fourth-order valence-corrected chi connectivity index (χ4v) is 1.32. The number of amides is 2. The van der Waals surface area contributed by atoms with Crippen LogP contribution in [0.1, 0.15) is 24.2 Å². The van der Waals surface area contributed by atoms with Crippen LogP contribution in [0.3, 0.4) is 0 Å². The van der Waals surface area contributed by atoms with Crippen LogP contribution in [0.25, 0.3) is 0 Å². The summed E-state index contributed by atoms with van der Waals surface area (Å²) in [5, 5.41) is 9.53. The van der Waals surface area contributed by atoms with Crippen molar-refractivity contribution in [1.29, 1.82) is 0 Å². The number of nitrogens with zero attached hydrogens (tertiary/aromatic N) is 2. The zero-order chi connectivity index (χ0) is 13.9. The zero-order valence-corrected chi connectivity index (χ0v) is 11.3. The maximum Gasteiger partial charge on any atom is 0.254 e. The highest BCUT2D eigenvalue weighted by Gasteiger charge is 2.26. The van der Waals surface area contributed by atoms with E-state index < -0.39 is 17.2 Å². The van der Waals surface area contributed by atoms with Crippen LogP contribution in [0.4, 0.5) is 0 Å². The van der Waals surface area contributed by atoms with Crippen LogP contribution in [0.2, 0.25) is 10.3 Å². The number of carbonyl (C=O) groups is 2. The van der Waals surface area contributed by atoms with Gasteiger partial charge in [0.15, 0.2) is 10.3 Å². The molecule has 0 aliphatic rings. The Bertz CT molecular complexity index is 491. The SMILES string of the molecule is CC(C)(CNC(=O)c1cc(Cl)nnc1Cl)C(N)=O. The number of rotatable bonds is 4. The minimum Gasteiger partial charge on any atom is -0.369 e. The van der Waals surface area contributed by atoms with Gasteiger partial charge in [0, 0.05) is 6.54 Å². The molecule has 3 N–H and O–H groups in total. The average molecular weight is 291 g/mol. The van der Waals surface area contributed by atoms with E-state index in [0.29, 0.717) is 0 Å². The number of hydrogen-bond donors (Lipinski definition) is 2. The van der Waals surface area contributed by atoms with Crippen molar-refractivity contribution in [2.45, 2.75) is 13.8 Å². The molecular formula is C10H12Cl2N4O2. The summed E-state index contributed by atoms with van der Waals surface area (Å²) in [5.41, 5.74) is 4.43. The third-order valence-electron chi connectivity index (χ3n) is 2.32. The topological polar surface area (TPSA) is 98.0 Å². The molecule has 0 aromatic carbocycles. The molecule has 1 aromatic heterocycles. The molecule has 0 aliphatic heterocycles. The summed E-state index contributed by atoms with van der Waals surface area (Å²) >= 11 is 11.3. The largest absolute Gasteiger partial charge is 0.369 e. The van der Waals surface area contributed by atoms with E-state index in [1.54, 1.807) is 13.8 Å². The molecule has 0 unspecified atom stereocenters. The van der Waals surface area contributed by atoms with E-state index in [9.17, 15) is 9.59 Å². The molecule has 2 amide bonds. The minimum atomic E-state index is -0.855. The highest BCUT2D eigenvalue weighted by molar-refractivity contribution is 6.34. The maximum absolute atomic E-state index is 11.8. The molecule has 1 heterocycles. The Kier molecular flexibility index (Phi) is 4.48. The fraction of sp³-hybridized carbons (Fsp3) is 0.400. The first-order chi connectivity index (χ1) is 8.24. The van der Waals surface area contributed by atoms with E-state index >= 15 is 0 Å². The summed E-state index contributed by atoms with van der Waals surface area (Å²) < 4.78 is 0. The monoisotopic (exact) mass is 290 g/mol. The minimum absolute atomic E-state index is 0.0544. The summed E-state index contributed by atoms with van der Waals surface area (Å²) in [5.74, 6) is -1.01. The number of carbonyl (C=O) groups excluding carboxylic acids is 2. The molecule has 0 bridgehead atoms. The highest BCUT2D eigenvalue weighted by Crippen LogP contribution is 2.16. The Hall–Kier alpha value is -1.40. The van der Waals surface area contributed by atoms with Gasteiger partial charge < -0.3 is 11.1 Å². The first-order valence-electron chi connectivity index (χ1n) is 5.01. The summed E-state index contributed by atoms with van der Waals surface area (Å²) in [7, 11) is 0. The fourth-order valence-electron chi connectivity index (χ4n) is 0.996. The number of hydrogen-bond acceptors (Lipinski definition) is 4.